The Bertz CT molecular complexity index is 355. The smallest absolute Gasteiger partial charge is 0.104 e. The maximum absolute atomic E-state index is 5.76. The Morgan fingerprint density at radius 3 is 1.74 bits per heavy atom. The zero-order chi connectivity index (χ0) is 14.1. The molecule has 0 radical (unpaired) electrons. The van der Waals surface area contributed by atoms with Gasteiger partial charge < -0.3 is 21.7 Å². The van der Waals surface area contributed by atoms with Gasteiger partial charge >= 0.3 is 0 Å². The fraction of sp³-hybridized carbons (Fsp3) is 0.467. The van der Waals surface area contributed by atoms with Gasteiger partial charge in [-0.15, -0.1) is 0 Å². The van der Waals surface area contributed by atoms with E-state index in [9.17, 15) is 0 Å². The van der Waals surface area contributed by atoms with Crippen LogP contribution in [0.5, 0.6) is 0 Å². The molecule has 0 spiro atoms. The Hall–Kier alpha value is -1.20. The molecule has 4 nitrogen and oxygen atoms in total. The Labute approximate surface area is 116 Å². The fourth-order valence-electron chi connectivity index (χ4n) is 2.54. The van der Waals surface area contributed by atoms with Crippen LogP contribution in [0.3, 0.4) is 0 Å². The second-order valence-corrected chi connectivity index (χ2v) is 4.98. The van der Waals surface area contributed by atoms with Crippen molar-refractivity contribution in [1.29, 1.82) is 0 Å². The lowest BCUT2D eigenvalue weighted by Gasteiger charge is -2.38. The SMILES string of the molecule is C=Cc1ccc(C[N+](CCN)(CCN)CCN)cc1. The molecule has 1 aromatic carbocycles. The minimum Gasteiger partial charge on any atom is -0.326 e. The Kier molecular flexibility index (Phi) is 6.73. The summed E-state index contributed by atoms with van der Waals surface area (Å²) in [7, 11) is 0. The summed E-state index contributed by atoms with van der Waals surface area (Å²) in [6.07, 6.45) is 1.85. The highest BCUT2D eigenvalue weighted by molar-refractivity contribution is 5.47. The van der Waals surface area contributed by atoms with Crippen LogP contribution in [0.15, 0.2) is 30.8 Å². The zero-order valence-corrected chi connectivity index (χ0v) is 11.7. The van der Waals surface area contributed by atoms with Crippen molar-refractivity contribution < 1.29 is 4.48 Å². The van der Waals surface area contributed by atoms with E-state index in [1.54, 1.807) is 0 Å². The summed E-state index contributed by atoms with van der Waals surface area (Å²) in [5.41, 5.74) is 19.7. The van der Waals surface area contributed by atoms with Crippen LogP contribution in [0.25, 0.3) is 6.08 Å². The maximum atomic E-state index is 5.76. The van der Waals surface area contributed by atoms with Gasteiger partial charge in [-0.25, -0.2) is 0 Å². The highest BCUT2D eigenvalue weighted by atomic mass is 15.4. The highest BCUT2D eigenvalue weighted by Gasteiger charge is 2.25. The van der Waals surface area contributed by atoms with Crippen molar-refractivity contribution in [2.75, 3.05) is 39.3 Å². The minimum atomic E-state index is 0.657. The van der Waals surface area contributed by atoms with Crippen molar-refractivity contribution in [2.24, 2.45) is 17.2 Å². The van der Waals surface area contributed by atoms with Gasteiger partial charge in [-0.1, -0.05) is 36.9 Å². The third-order valence-corrected chi connectivity index (χ3v) is 3.54. The van der Waals surface area contributed by atoms with Crippen molar-refractivity contribution in [3.63, 3.8) is 0 Å². The lowest BCUT2D eigenvalue weighted by atomic mass is 10.1. The Morgan fingerprint density at radius 2 is 1.37 bits per heavy atom. The van der Waals surface area contributed by atoms with Gasteiger partial charge in [0.25, 0.3) is 0 Å². The molecule has 0 amide bonds. The van der Waals surface area contributed by atoms with Gasteiger partial charge in [0, 0.05) is 25.2 Å². The summed E-state index contributed by atoms with van der Waals surface area (Å²) in [6.45, 7) is 9.42. The highest BCUT2D eigenvalue weighted by Crippen LogP contribution is 2.15. The average Bonchev–Trinajstić information content (AvgIpc) is 2.40. The van der Waals surface area contributed by atoms with E-state index in [-0.39, 0.29) is 0 Å². The van der Waals surface area contributed by atoms with E-state index in [2.05, 4.69) is 30.8 Å². The maximum Gasteiger partial charge on any atom is 0.104 e. The van der Waals surface area contributed by atoms with Crippen molar-refractivity contribution in [1.82, 2.24) is 0 Å². The van der Waals surface area contributed by atoms with Gasteiger partial charge in [0.1, 0.15) is 6.54 Å². The normalized spacial score (nSPS) is 11.5. The summed E-state index contributed by atoms with van der Waals surface area (Å²) in [6, 6.07) is 8.47. The monoisotopic (exact) mass is 263 g/mol. The number of nitrogens with zero attached hydrogens (tertiary/aromatic N) is 1. The first-order chi connectivity index (χ1) is 9.19. The van der Waals surface area contributed by atoms with Gasteiger partial charge in [-0.3, -0.25) is 0 Å². The number of hydrogen-bond donors (Lipinski definition) is 3. The quantitative estimate of drug-likeness (QED) is 0.568. The third kappa shape index (κ3) is 4.76. The minimum absolute atomic E-state index is 0.657. The molecule has 0 fully saturated rings. The molecule has 19 heavy (non-hydrogen) atoms. The molecule has 1 rings (SSSR count). The first-order valence-corrected chi connectivity index (χ1v) is 6.86. The topological polar surface area (TPSA) is 78.1 Å². The van der Waals surface area contributed by atoms with E-state index in [4.69, 9.17) is 17.2 Å². The van der Waals surface area contributed by atoms with Gasteiger partial charge in [-0.2, -0.15) is 0 Å². The van der Waals surface area contributed by atoms with E-state index >= 15 is 0 Å². The second kappa shape index (κ2) is 8.07. The number of hydrogen-bond acceptors (Lipinski definition) is 3. The van der Waals surface area contributed by atoms with Crippen LogP contribution in [-0.4, -0.2) is 43.8 Å². The lowest BCUT2D eigenvalue weighted by Crippen LogP contribution is -2.55. The molecule has 6 N–H and O–H groups in total. The molecule has 0 saturated heterocycles. The zero-order valence-electron chi connectivity index (χ0n) is 11.7. The van der Waals surface area contributed by atoms with Crippen LogP contribution in [0, 0.1) is 0 Å². The molecule has 0 saturated carbocycles. The molecule has 0 heterocycles. The number of quaternary nitrogens is 1. The van der Waals surface area contributed by atoms with Gasteiger partial charge in [0.05, 0.1) is 19.6 Å². The first kappa shape index (κ1) is 15.9. The standard InChI is InChI=1S/C15H27N4/c1-2-14-3-5-15(6-4-14)13-19(10-7-16,11-8-17)12-9-18/h2-6H,1,7-13,16-18H2/q+1. The molecular formula is C15H27N4+. The predicted molar refractivity (Wildman–Crippen MR) is 82.3 cm³/mol. The van der Waals surface area contributed by atoms with Crippen LogP contribution in [0.1, 0.15) is 11.1 Å². The summed E-state index contributed by atoms with van der Waals surface area (Å²) < 4.78 is 0.872. The Balaban J connectivity index is 2.86. The summed E-state index contributed by atoms with van der Waals surface area (Å²) >= 11 is 0. The van der Waals surface area contributed by atoms with Crippen LogP contribution < -0.4 is 17.2 Å². The van der Waals surface area contributed by atoms with Crippen molar-refractivity contribution in [2.45, 2.75) is 6.54 Å². The molecule has 0 aliphatic heterocycles. The van der Waals surface area contributed by atoms with Crippen LogP contribution in [0.4, 0.5) is 0 Å². The van der Waals surface area contributed by atoms with Crippen LogP contribution in [-0.2, 0) is 6.54 Å². The molecule has 0 bridgehead atoms. The van der Waals surface area contributed by atoms with Gasteiger partial charge in [0.2, 0.25) is 0 Å². The average molecular weight is 263 g/mol. The number of nitrogens with two attached hydrogens (primary N) is 3. The lowest BCUT2D eigenvalue weighted by molar-refractivity contribution is -0.937. The fourth-order valence-corrected chi connectivity index (χ4v) is 2.54. The summed E-state index contributed by atoms with van der Waals surface area (Å²) in [5.74, 6) is 0. The van der Waals surface area contributed by atoms with Crippen molar-refractivity contribution in [3.8, 4) is 0 Å². The third-order valence-electron chi connectivity index (χ3n) is 3.54. The van der Waals surface area contributed by atoms with E-state index in [0.717, 1.165) is 36.2 Å². The number of benzene rings is 1. The Morgan fingerprint density at radius 1 is 0.895 bits per heavy atom. The van der Waals surface area contributed by atoms with E-state index in [1.807, 2.05) is 6.08 Å². The molecule has 106 valence electrons. The van der Waals surface area contributed by atoms with Crippen LogP contribution in [0.2, 0.25) is 0 Å². The van der Waals surface area contributed by atoms with Gasteiger partial charge in [0.15, 0.2) is 0 Å². The molecule has 0 aliphatic carbocycles. The van der Waals surface area contributed by atoms with Gasteiger partial charge in [-0.05, 0) is 5.56 Å². The molecule has 0 aromatic heterocycles. The first-order valence-electron chi connectivity index (χ1n) is 6.86. The van der Waals surface area contributed by atoms with Crippen LogP contribution >= 0.6 is 0 Å². The molecule has 0 aliphatic rings. The molecule has 0 unspecified atom stereocenters. The molecule has 0 atom stereocenters. The van der Waals surface area contributed by atoms with E-state index in [1.165, 1.54) is 5.56 Å². The summed E-state index contributed by atoms with van der Waals surface area (Å²) in [5, 5.41) is 0. The molecular weight excluding hydrogens is 236 g/mol. The second-order valence-electron chi connectivity index (χ2n) is 4.98. The van der Waals surface area contributed by atoms with E-state index in [0.29, 0.717) is 19.6 Å². The predicted octanol–water partition coefficient (Wildman–Crippen LogP) is 0.523. The largest absolute Gasteiger partial charge is 0.326 e. The van der Waals surface area contributed by atoms with Crippen molar-refractivity contribution in [3.05, 3.63) is 42.0 Å². The molecule has 4 heteroatoms. The summed E-state index contributed by atoms with van der Waals surface area (Å²) in [4.78, 5) is 0. The van der Waals surface area contributed by atoms with E-state index < -0.39 is 0 Å². The van der Waals surface area contributed by atoms with Crippen molar-refractivity contribution >= 4 is 6.08 Å². The number of rotatable bonds is 9. The molecule has 1 aromatic rings.